The minimum Gasteiger partial charge on any atom is -0.339 e. The number of likely N-dealkylation sites (N-methyl/N-ethyl adjacent to an activating group) is 1. The first-order valence-corrected chi connectivity index (χ1v) is 8.78. The van der Waals surface area contributed by atoms with Crippen LogP contribution in [0.2, 0.25) is 0 Å². The molecule has 1 atom stereocenters. The molecule has 0 saturated heterocycles. The van der Waals surface area contributed by atoms with Gasteiger partial charge in [0.2, 0.25) is 0 Å². The van der Waals surface area contributed by atoms with Crippen LogP contribution in [0.5, 0.6) is 0 Å². The zero-order chi connectivity index (χ0) is 18.8. The van der Waals surface area contributed by atoms with E-state index in [1.807, 2.05) is 34.9 Å². The molecular weight excluding hydrogens is 344 g/mol. The van der Waals surface area contributed by atoms with Gasteiger partial charge in [-0.05, 0) is 12.0 Å². The highest BCUT2D eigenvalue weighted by Crippen LogP contribution is 2.19. The number of imidazole rings is 1. The van der Waals surface area contributed by atoms with Crippen molar-refractivity contribution in [2.45, 2.75) is 25.6 Å². The third-order valence-corrected chi connectivity index (χ3v) is 4.68. The Hall–Kier alpha value is -3.42. The molecule has 0 fully saturated rings. The highest BCUT2D eigenvalue weighted by Gasteiger charge is 2.30. The third-order valence-electron chi connectivity index (χ3n) is 4.68. The van der Waals surface area contributed by atoms with Crippen molar-refractivity contribution in [1.82, 2.24) is 24.6 Å². The Balaban J connectivity index is 1.43. The summed E-state index contributed by atoms with van der Waals surface area (Å²) in [5, 5.41) is 7.02. The maximum atomic E-state index is 12.7. The van der Waals surface area contributed by atoms with E-state index in [0.29, 0.717) is 25.2 Å². The number of aryl methyl sites for hydroxylation is 1. The SMILES string of the molecule is CN1C(=O)[C@@H](NC(=O)c2cn(Cc3ccccc3)cn2)CCn2nccc21. The van der Waals surface area contributed by atoms with Crippen LogP contribution < -0.4 is 10.2 Å². The summed E-state index contributed by atoms with van der Waals surface area (Å²) in [6.45, 7) is 1.19. The number of hydrogen-bond acceptors (Lipinski definition) is 4. The molecular formula is C19H20N6O2. The summed E-state index contributed by atoms with van der Waals surface area (Å²) >= 11 is 0. The Bertz CT molecular complexity index is 962. The molecule has 27 heavy (non-hydrogen) atoms. The molecule has 0 aliphatic carbocycles. The van der Waals surface area contributed by atoms with Gasteiger partial charge in [-0.3, -0.25) is 14.5 Å². The van der Waals surface area contributed by atoms with E-state index in [0.717, 1.165) is 11.4 Å². The van der Waals surface area contributed by atoms with Gasteiger partial charge in [-0.25, -0.2) is 9.67 Å². The average molecular weight is 364 g/mol. The second kappa shape index (κ2) is 7.06. The Morgan fingerprint density at radius 3 is 2.89 bits per heavy atom. The number of carbonyl (C=O) groups excluding carboxylic acids is 2. The van der Waals surface area contributed by atoms with Crippen LogP contribution in [0.3, 0.4) is 0 Å². The normalized spacial score (nSPS) is 16.7. The van der Waals surface area contributed by atoms with Crippen molar-refractivity contribution < 1.29 is 9.59 Å². The van der Waals surface area contributed by atoms with E-state index in [1.54, 1.807) is 36.5 Å². The largest absolute Gasteiger partial charge is 0.339 e. The molecule has 1 aromatic carbocycles. The lowest BCUT2D eigenvalue weighted by Crippen LogP contribution is -2.46. The number of carbonyl (C=O) groups is 2. The number of fused-ring (bicyclic) bond motifs is 1. The fraction of sp³-hybridized carbons (Fsp3) is 0.263. The van der Waals surface area contributed by atoms with E-state index in [4.69, 9.17) is 0 Å². The van der Waals surface area contributed by atoms with Crippen molar-refractivity contribution in [3.05, 3.63) is 66.4 Å². The second-order valence-electron chi connectivity index (χ2n) is 6.54. The molecule has 3 aromatic rings. The number of rotatable bonds is 4. The van der Waals surface area contributed by atoms with Crippen molar-refractivity contribution >= 4 is 17.6 Å². The smallest absolute Gasteiger partial charge is 0.272 e. The van der Waals surface area contributed by atoms with Crippen molar-refractivity contribution in [1.29, 1.82) is 0 Å². The van der Waals surface area contributed by atoms with Gasteiger partial charge in [-0.1, -0.05) is 30.3 Å². The molecule has 1 aliphatic rings. The lowest BCUT2D eigenvalue weighted by atomic mass is 10.2. The summed E-state index contributed by atoms with van der Waals surface area (Å²) < 4.78 is 3.61. The molecule has 3 heterocycles. The van der Waals surface area contributed by atoms with Crippen molar-refractivity contribution in [2.75, 3.05) is 11.9 Å². The summed E-state index contributed by atoms with van der Waals surface area (Å²) in [5.41, 5.74) is 1.42. The number of benzene rings is 1. The van der Waals surface area contributed by atoms with E-state index in [-0.39, 0.29) is 11.8 Å². The fourth-order valence-corrected chi connectivity index (χ4v) is 3.23. The molecule has 2 aromatic heterocycles. The minimum atomic E-state index is -0.608. The quantitative estimate of drug-likeness (QED) is 0.756. The van der Waals surface area contributed by atoms with Crippen LogP contribution >= 0.6 is 0 Å². The molecule has 138 valence electrons. The van der Waals surface area contributed by atoms with Crippen molar-refractivity contribution in [2.24, 2.45) is 0 Å². The number of amides is 2. The zero-order valence-electron chi connectivity index (χ0n) is 14.9. The summed E-state index contributed by atoms with van der Waals surface area (Å²) in [6.07, 6.45) is 5.46. The van der Waals surface area contributed by atoms with E-state index >= 15 is 0 Å². The van der Waals surface area contributed by atoms with E-state index < -0.39 is 6.04 Å². The first kappa shape index (κ1) is 17.0. The summed E-state index contributed by atoms with van der Waals surface area (Å²) in [5.74, 6) is 0.211. The zero-order valence-corrected chi connectivity index (χ0v) is 14.9. The summed E-state index contributed by atoms with van der Waals surface area (Å²) in [4.78, 5) is 30.9. The first-order chi connectivity index (χ1) is 13.1. The topological polar surface area (TPSA) is 85.0 Å². The Morgan fingerprint density at radius 1 is 1.26 bits per heavy atom. The summed E-state index contributed by atoms with van der Waals surface area (Å²) in [6, 6.07) is 11.1. The minimum absolute atomic E-state index is 0.161. The van der Waals surface area contributed by atoms with Gasteiger partial charge in [0.05, 0.1) is 12.5 Å². The van der Waals surface area contributed by atoms with Gasteiger partial charge in [-0.15, -0.1) is 0 Å². The Morgan fingerprint density at radius 2 is 2.07 bits per heavy atom. The molecule has 0 spiro atoms. The van der Waals surface area contributed by atoms with Crippen LogP contribution in [0.1, 0.15) is 22.5 Å². The molecule has 8 heteroatoms. The number of aromatic nitrogens is 4. The van der Waals surface area contributed by atoms with Crippen LogP contribution in [0.4, 0.5) is 5.82 Å². The average Bonchev–Trinajstić information content (AvgIpc) is 3.32. The van der Waals surface area contributed by atoms with Gasteiger partial charge in [0, 0.05) is 32.4 Å². The molecule has 0 bridgehead atoms. The van der Waals surface area contributed by atoms with Crippen LogP contribution in [-0.2, 0) is 17.9 Å². The number of anilines is 1. The van der Waals surface area contributed by atoms with Crippen LogP contribution in [0, 0.1) is 0 Å². The highest BCUT2D eigenvalue weighted by molar-refractivity contribution is 6.01. The second-order valence-corrected chi connectivity index (χ2v) is 6.54. The highest BCUT2D eigenvalue weighted by atomic mass is 16.2. The van der Waals surface area contributed by atoms with E-state index in [1.165, 1.54) is 4.90 Å². The molecule has 0 saturated carbocycles. The molecule has 2 amide bonds. The number of nitrogens with zero attached hydrogens (tertiary/aromatic N) is 5. The monoisotopic (exact) mass is 364 g/mol. The molecule has 0 unspecified atom stereocenters. The van der Waals surface area contributed by atoms with Crippen molar-refractivity contribution in [3.63, 3.8) is 0 Å². The standard InChI is InChI=1S/C19H20N6O2/c1-23-17-7-9-21-25(17)10-8-15(19(23)27)22-18(26)16-12-24(13-20-16)11-14-5-3-2-4-6-14/h2-7,9,12-13,15H,8,10-11H2,1H3,(H,22,26)/t15-/m0/s1. The molecule has 0 radical (unpaired) electrons. The summed E-state index contributed by atoms with van der Waals surface area (Å²) in [7, 11) is 1.69. The van der Waals surface area contributed by atoms with Gasteiger partial charge in [-0.2, -0.15) is 5.10 Å². The molecule has 8 nitrogen and oxygen atoms in total. The lowest BCUT2D eigenvalue weighted by Gasteiger charge is -2.20. The van der Waals surface area contributed by atoms with Crippen LogP contribution in [0.15, 0.2) is 55.1 Å². The van der Waals surface area contributed by atoms with E-state index in [9.17, 15) is 9.59 Å². The third kappa shape index (κ3) is 3.46. The van der Waals surface area contributed by atoms with E-state index in [2.05, 4.69) is 15.4 Å². The van der Waals surface area contributed by atoms with Crippen LogP contribution in [-0.4, -0.2) is 44.2 Å². The predicted octanol–water partition coefficient (Wildman–Crippen LogP) is 1.29. The van der Waals surface area contributed by atoms with Gasteiger partial charge in [0.25, 0.3) is 11.8 Å². The maximum Gasteiger partial charge on any atom is 0.272 e. The first-order valence-electron chi connectivity index (χ1n) is 8.78. The van der Waals surface area contributed by atoms with Gasteiger partial charge >= 0.3 is 0 Å². The number of nitrogens with one attached hydrogen (secondary N) is 1. The Labute approximate surface area is 156 Å². The maximum absolute atomic E-state index is 12.7. The molecule has 4 rings (SSSR count). The Kier molecular flexibility index (Phi) is 4.45. The van der Waals surface area contributed by atoms with Crippen LogP contribution in [0.25, 0.3) is 0 Å². The lowest BCUT2D eigenvalue weighted by molar-refractivity contribution is -0.120. The molecule has 1 aliphatic heterocycles. The molecule has 1 N–H and O–H groups in total. The van der Waals surface area contributed by atoms with Gasteiger partial charge < -0.3 is 9.88 Å². The van der Waals surface area contributed by atoms with Gasteiger partial charge in [0.1, 0.15) is 17.6 Å². The number of hydrogen-bond donors (Lipinski definition) is 1. The van der Waals surface area contributed by atoms with Gasteiger partial charge in [0.15, 0.2) is 0 Å². The fourth-order valence-electron chi connectivity index (χ4n) is 3.23. The van der Waals surface area contributed by atoms with Crippen molar-refractivity contribution in [3.8, 4) is 0 Å². The predicted molar refractivity (Wildman–Crippen MR) is 99.3 cm³/mol.